The van der Waals surface area contributed by atoms with Crippen LogP contribution >= 0.6 is 0 Å². The van der Waals surface area contributed by atoms with Crippen molar-refractivity contribution in [3.63, 3.8) is 0 Å². The summed E-state index contributed by atoms with van der Waals surface area (Å²) in [7, 11) is -3.18. The van der Waals surface area contributed by atoms with Crippen molar-refractivity contribution in [2.75, 3.05) is 19.3 Å². The molecule has 0 fully saturated rings. The number of aromatic nitrogens is 1. The van der Waals surface area contributed by atoms with Crippen LogP contribution in [0.2, 0.25) is 0 Å². The SMILES string of the molecule is CCNC(=NCc1coc(-c2ccc(C)cc2)n1)NCC(C)(C)S(C)(=O)=O. The molecule has 0 spiro atoms. The Morgan fingerprint density at radius 2 is 1.89 bits per heavy atom. The fourth-order valence-corrected chi connectivity index (χ4v) is 2.47. The Morgan fingerprint density at radius 1 is 1.22 bits per heavy atom. The van der Waals surface area contributed by atoms with E-state index in [1.165, 1.54) is 11.8 Å². The standard InChI is InChI=1S/C19H28N4O3S/c1-6-20-18(22-13-19(3,4)27(5,24)25)21-11-16-12-26-17(23-16)15-9-7-14(2)8-10-15/h7-10,12H,6,11,13H2,1-5H3,(H2,20,21,22). The van der Waals surface area contributed by atoms with Gasteiger partial charge in [-0.3, -0.25) is 0 Å². The summed E-state index contributed by atoms with van der Waals surface area (Å²) < 4.78 is 28.3. The molecule has 0 aliphatic heterocycles. The molecular weight excluding hydrogens is 364 g/mol. The zero-order valence-electron chi connectivity index (χ0n) is 16.5. The minimum absolute atomic E-state index is 0.255. The lowest BCUT2D eigenvalue weighted by molar-refractivity contribution is 0.544. The highest BCUT2D eigenvalue weighted by atomic mass is 32.2. The number of benzene rings is 1. The van der Waals surface area contributed by atoms with Gasteiger partial charge in [-0.15, -0.1) is 0 Å². The zero-order chi connectivity index (χ0) is 20.1. The first kappa shape index (κ1) is 21.0. The summed E-state index contributed by atoms with van der Waals surface area (Å²) in [5.74, 6) is 1.09. The molecule has 0 radical (unpaired) electrons. The van der Waals surface area contributed by atoms with Crippen molar-refractivity contribution in [2.45, 2.75) is 39.0 Å². The minimum Gasteiger partial charge on any atom is -0.444 e. The summed E-state index contributed by atoms with van der Waals surface area (Å²) in [6.07, 6.45) is 2.82. The first-order chi connectivity index (χ1) is 12.6. The molecule has 8 heteroatoms. The van der Waals surface area contributed by atoms with Gasteiger partial charge in [0.2, 0.25) is 5.89 Å². The maximum absolute atomic E-state index is 11.8. The summed E-state index contributed by atoms with van der Waals surface area (Å²) in [5.41, 5.74) is 2.79. The van der Waals surface area contributed by atoms with Crippen molar-refractivity contribution in [3.05, 3.63) is 41.8 Å². The number of hydrogen-bond acceptors (Lipinski definition) is 5. The lowest BCUT2D eigenvalue weighted by atomic mass is 10.1. The Labute approximate surface area is 161 Å². The third-order valence-electron chi connectivity index (χ3n) is 4.28. The highest BCUT2D eigenvalue weighted by Crippen LogP contribution is 2.19. The Bertz CT molecular complexity index is 884. The molecule has 2 N–H and O–H groups in total. The van der Waals surface area contributed by atoms with Gasteiger partial charge in [0.1, 0.15) is 12.0 Å². The van der Waals surface area contributed by atoms with Crippen LogP contribution in [-0.2, 0) is 16.4 Å². The monoisotopic (exact) mass is 392 g/mol. The van der Waals surface area contributed by atoms with E-state index in [1.54, 1.807) is 20.1 Å². The van der Waals surface area contributed by atoms with Crippen LogP contribution in [-0.4, -0.2) is 43.5 Å². The van der Waals surface area contributed by atoms with Gasteiger partial charge >= 0.3 is 0 Å². The van der Waals surface area contributed by atoms with Gasteiger partial charge in [-0.2, -0.15) is 0 Å². The van der Waals surface area contributed by atoms with Crippen LogP contribution in [0.25, 0.3) is 11.5 Å². The third kappa shape index (κ3) is 5.82. The number of sulfone groups is 1. The molecule has 0 bridgehead atoms. The molecule has 0 saturated carbocycles. The second-order valence-electron chi connectivity index (χ2n) is 7.09. The van der Waals surface area contributed by atoms with Crippen molar-refractivity contribution < 1.29 is 12.8 Å². The van der Waals surface area contributed by atoms with Gasteiger partial charge in [-0.1, -0.05) is 17.7 Å². The average molecular weight is 393 g/mol. The zero-order valence-corrected chi connectivity index (χ0v) is 17.4. The topological polar surface area (TPSA) is 96.6 Å². The van der Waals surface area contributed by atoms with Gasteiger partial charge in [0.25, 0.3) is 0 Å². The summed E-state index contributed by atoms with van der Waals surface area (Å²) >= 11 is 0. The first-order valence-electron chi connectivity index (χ1n) is 8.85. The quantitative estimate of drug-likeness (QED) is 0.555. The van der Waals surface area contributed by atoms with Crippen LogP contribution in [0.1, 0.15) is 32.0 Å². The third-order valence-corrected chi connectivity index (χ3v) is 6.43. The second-order valence-corrected chi connectivity index (χ2v) is 9.74. The Kier molecular flexibility index (Phi) is 6.64. The number of guanidine groups is 1. The normalized spacial score (nSPS) is 12.9. The van der Waals surface area contributed by atoms with Gasteiger partial charge in [0, 0.05) is 24.9 Å². The number of aryl methyl sites for hydroxylation is 1. The van der Waals surface area contributed by atoms with Crippen molar-refractivity contribution >= 4 is 15.8 Å². The van der Waals surface area contributed by atoms with Crippen LogP contribution in [0.5, 0.6) is 0 Å². The van der Waals surface area contributed by atoms with Crippen molar-refractivity contribution in [1.82, 2.24) is 15.6 Å². The molecule has 1 aromatic heterocycles. The highest BCUT2D eigenvalue weighted by Gasteiger charge is 2.30. The maximum atomic E-state index is 11.8. The van der Waals surface area contributed by atoms with E-state index < -0.39 is 14.6 Å². The van der Waals surface area contributed by atoms with Gasteiger partial charge in [-0.05, 0) is 39.8 Å². The molecule has 0 unspecified atom stereocenters. The molecule has 0 atom stereocenters. The molecule has 2 rings (SSSR count). The van der Waals surface area contributed by atoms with Gasteiger partial charge in [0.15, 0.2) is 15.8 Å². The van der Waals surface area contributed by atoms with E-state index in [-0.39, 0.29) is 6.54 Å². The fourth-order valence-electron chi connectivity index (χ4n) is 2.14. The molecule has 2 aromatic rings. The Morgan fingerprint density at radius 3 is 2.48 bits per heavy atom. The van der Waals surface area contributed by atoms with E-state index in [9.17, 15) is 8.42 Å². The number of nitrogens with one attached hydrogen (secondary N) is 2. The van der Waals surface area contributed by atoms with Crippen molar-refractivity contribution in [1.29, 1.82) is 0 Å². The Balaban J connectivity index is 2.05. The smallest absolute Gasteiger partial charge is 0.226 e. The summed E-state index contributed by atoms with van der Waals surface area (Å²) in [4.78, 5) is 8.93. The van der Waals surface area contributed by atoms with E-state index in [0.29, 0.717) is 30.6 Å². The molecule has 27 heavy (non-hydrogen) atoms. The predicted octanol–water partition coefficient (Wildman–Crippen LogP) is 2.53. The molecule has 0 saturated heterocycles. The maximum Gasteiger partial charge on any atom is 0.226 e. The summed E-state index contributed by atoms with van der Waals surface area (Å²) in [6, 6.07) is 7.95. The summed E-state index contributed by atoms with van der Waals surface area (Å²) in [5, 5.41) is 6.19. The van der Waals surface area contributed by atoms with Gasteiger partial charge in [0.05, 0.1) is 11.3 Å². The van der Waals surface area contributed by atoms with E-state index in [0.717, 1.165) is 5.56 Å². The Hall–Kier alpha value is -2.35. The van der Waals surface area contributed by atoms with Gasteiger partial charge in [-0.25, -0.2) is 18.4 Å². The highest BCUT2D eigenvalue weighted by molar-refractivity contribution is 7.92. The van der Waals surface area contributed by atoms with E-state index >= 15 is 0 Å². The summed E-state index contributed by atoms with van der Waals surface area (Å²) in [6.45, 7) is 8.59. The van der Waals surface area contributed by atoms with Gasteiger partial charge < -0.3 is 15.1 Å². The fraction of sp³-hybridized carbons (Fsp3) is 0.474. The molecule has 1 heterocycles. The van der Waals surface area contributed by atoms with Crippen LogP contribution < -0.4 is 10.6 Å². The van der Waals surface area contributed by atoms with Crippen molar-refractivity contribution in [2.24, 2.45) is 4.99 Å². The second kappa shape index (κ2) is 8.56. The minimum atomic E-state index is -3.18. The van der Waals surface area contributed by atoms with Crippen LogP contribution in [0.15, 0.2) is 39.9 Å². The number of rotatable bonds is 7. The number of nitrogens with zero attached hydrogens (tertiary/aromatic N) is 2. The number of oxazole rings is 1. The van der Waals surface area contributed by atoms with Crippen LogP contribution in [0.4, 0.5) is 0 Å². The predicted molar refractivity (Wildman–Crippen MR) is 108 cm³/mol. The van der Waals surface area contributed by atoms with Crippen molar-refractivity contribution in [3.8, 4) is 11.5 Å². The molecule has 0 aliphatic carbocycles. The molecular formula is C19H28N4O3S. The largest absolute Gasteiger partial charge is 0.444 e. The lowest BCUT2D eigenvalue weighted by Crippen LogP contribution is -2.47. The molecule has 0 aliphatic rings. The molecule has 0 amide bonds. The van der Waals surface area contributed by atoms with E-state index in [4.69, 9.17) is 4.42 Å². The lowest BCUT2D eigenvalue weighted by Gasteiger charge is -2.24. The van der Waals surface area contributed by atoms with Crippen LogP contribution in [0.3, 0.4) is 0 Å². The van der Waals surface area contributed by atoms with E-state index in [2.05, 4.69) is 20.6 Å². The average Bonchev–Trinajstić information content (AvgIpc) is 3.06. The van der Waals surface area contributed by atoms with Crippen LogP contribution in [0, 0.1) is 6.92 Å². The molecule has 7 nitrogen and oxygen atoms in total. The number of hydrogen-bond donors (Lipinski definition) is 2. The molecule has 1 aromatic carbocycles. The molecule has 148 valence electrons. The first-order valence-corrected chi connectivity index (χ1v) is 10.7. The number of aliphatic imine (C=N–C) groups is 1. The van der Waals surface area contributed by atoms with E-state index in [1.807, 2.05) is 38.1 Å².